The van der Waals surface area contributed by atoms with Crippen LogP contribution in [0, 0.1) is 13.8 Å². The zero-order valence-corrected chi connectivity index (χ0v) is 17.3. The van der Waals surface area contributed by atoms with E-state index in [1.807, 2.05) is 50.5 Å². The highest BCUT2D eigenvalue weighted by molar-refractivity contribution is 9.10. The molecule has 0 spiro atoms. The van der Waals surface area contributed by atoms with Crippen LogP contribution in [0.4, 0.5) is 5.13 Å². The lowest BCUT2D eigenvalue weighted by Gasteiger charge is -2.05. The molecule has 0 fully saturated rings. The molecule has 1 amide bonds. The number of thiazole rings is 1. The molecule has 0 aliphatic carbocycles. The first-order valence-corrected chi connectivity index (χ1v) is 9.93. The zero-order chi connectivity index (χ0) is 19.1. The van der Waals surface area contributed by atoms with Gasteiger partial charge in [-0.2, -0.15) is 5.10 Å². The number of fused-ring (bicyclic) bond motifs is 1. The standard InChI is InChI=1S/C19H16BrN5OS/c1-10-7-14(16-11(2)24-25(3)17(16)21-10)18(26)23-19-22-15(9-27-19)12-5-4-6-13(20)8-12/h4-9H,1-3H3,(H,22,23,26). The molecule has 4 rings (SSSR count). The largest absolute Gasteiger partial charge is 0.298 e. The maximum Gasteiger partial charge on any atom is 0.258 e. The second kappa shape index (κ2) is 6.86. The summed E-state index contributed by atoms with van der Waals surface area (Å²) in [5.41, 5.74) is 4.62. The van der Waals surface area contributed by atoms with Crippen molar-refractivity contribution in [2.24, 2.45) is 7.05 Å². The Hall–Kier alpha value is -2.58. The third-order valence-corrected chi connectivity index (χ3v) is 5.44. The normalized spacial score (nSPS) is 11.1. The van der Waals surface area contributed by atoms with E-state index in [1.165, 1.54) is 11.3 Å². The molecule has 0 unspecified atom stereocenters. The Morgan fingerprint density at radius 2 is 2.04 bits per heavy atom. The SMILES string of the molecule is Cc1cc(C(=O)Nc2nc(-c3cccc(Br)c3)cs2)c2c(C)nn(C)c2n1. The van der Waals surface area contributed by atoms with Crippen molar-refractivity contribution in [1.29, 1.82) is 0 Å². The number of rotatable bonds is 3. The number of benzene rings is 1. The van der Waals surface area contributed by atoms with E-state index in [-0.39, 0.29) is 5.91 Å². The van der Waals surface area contributed by atoms with Crippen LogP contribution in [-0.2, 0) is 7.05 Å². The fraction of sp³-hybridized carbons (Fsp3) is 0.158. The van der Waals surface area contributed by atoms with Crippen LogP contribution in [-0.4, -0.2) is 25.7 Å². The van der Waals surface area contributed by atoms with E-state index >= 15 is 0 Å². The third kappa shape index (κ3) is 3.38. The molecule has 3 aromatic heterocycles. The van der Waals surface area contributed by atoms with E-state index in [0.717, 1.165) is 32.5 Å². The molecule has 0 atom stereocenters. The van der Waals surface area contributed by atoms with Crippen LogP contribution in [0.3, 0.4) is 0 Å². The van der Waals surface area contributed by atoms with Gasteiger partial charge < -0.3 is 0 Å². The van der Waals surface area contributed by atoms with Crippen molar-refractivity contribution in [2.45, 2.75) is 13.8 Å². The van der Waals surface area contributed by atoms with Gasteiger partial charge in [-0.05, 0) is 32.0 Å². The number of carbonyl (C=O) groups is 1. The van der Waals surface area contributed by atoms with Crippen LogP contribution in [0.25, 0.3) is 22.3 Å². The number of aryl methyl sites for hydroxylation is 3. The first-order valence-electron chi connectivity index (χ1n) is 8.26. The van der Waals surface area contributed by atoms with Crippen LogP contribution in [0.5, 0.6) is 0 Å². The number of hydrogen-bond acceptors (Lipinski definition) is 5. The highest BCUT2D eigenvalue weighted by atomic mass is 79.9. The predicted octanol–water partition coefficient (Wildman–Crippen LogP) is 4.72. The number of hydrogen-bond donors (Lipinski definition) is 1. The minimum absolute atomic E-state index is 0.211. The lowest BCUT2D eigenvalue weighted by molar-refractivity contribution is 0.102. The molecule has 0 aliphatic heterocycles. The van der Waals surface area contributed by atoms with Gasteiger partial charge >= 0.3 is 0 Å². The summed E-state index contributed by atoms with van der Waals surface area (Å²) in [5.74, 6) is -0.211. The molecule has 0 bridgehead atoms. The maximum atomic E-state index is 12.9. The average molecular weight is 442 g/mol. The Morgan fingerprint density at radius 3 is 2.81 bits per heavy atom. The lowest BCUT2D eigenvalue weighted by atomic mass is 10.1. The van der Waals surface area contributed by atoms with Gasteiger partial charge in [-0.1, -0.05) is 28.1 Å². The van der Waals surface area contributed by atoms with Crippen LogP contribution in [0.1, 0.15) is 21.7 Å². The summed E-state index contributed by atoms with van der Waals surface area (Å²) in [4.78, 5) is 22.0. The topological polar surface area (TPSA) is 72.7 Å². The number of anilines is 1. The highest BCUT2D eigenvalue weighted by Crippen LogP contribution is 2.28. The zero-order valence-electron chi connectivity index (χ0n) is 14.9. The summed E-state index contributed by atoms with van der Waals surface area (Å²) in [7, 11) is 1.83. The first-order chi connectivity index (χ1) is 12.9. The minimum Gasteiger partial charge on any atom is -0.298 e. The van der Waals surface area contributed by atoms with Crippen LogP contribution >= 0.6 is 27.3 Å². The average Bonchev–Trinajstić information content (AvgIpc) is 3.19. The second-order valence-corrected chi connectivity index (χ2v) is 7.99. The smallest absolute Gasteiger partial charge is 0.258 e. The first kappa shape index (κ1) is 17.8. The molecule has 0 aliphatic rings. The van der Waals surface area contributed by atoms with E-state index in [2.05, 4.69) is 36.3 Å². The van der Waals surface area contributed by atoms with E-state index < -0.39 is 0 Å². The summed E-state index contributed by atoms with van der Waals surface area (Å²) < 4.78 is 2.68. The van der Waals surface area contributed by atoms with Gasteiger partial charge in [0.2, 0.25) is 0 Å². The highest BCUT2D eigenvalue weighted by Gasteiger charge is 2.19. The molecule has 3 heterocycles. The van der Waals surface area contributed by atoms with Crippen molar-refractivity contribution in [2.75, 3.05) is 5.32 Å². The van der Waals surface area contributed by atoms with Gasteiger partial charge in [0.25, 0.3) is 5.91 Å². The van der Waals surface area contributed by atoms with E-state index in [4.69, 9.17) is 0 Å². The molecule has 4 aromatic rings. The van der Waals surface area contributed by atoms with Crippen molar-refractivity contribution in [1.82, 2.24) is 19.7 Å². The van der Waals surface area contributed by atoms with Crippen molar-refractivity contribution < 1.29 is 4.79 Å². The maximum absolute atomic E-state index is 12.9. The van der Waals surface area contributed by atoms with Crippen LogP contribution in [0.15, 0.2) is 40.2 Å². The Morgan fingerprint density at radius 1 is 1.22 bits per heavy atom. The Labute approximate surface area is 168 Å². The molecular formula is C19H16BrN5OS. The number of amides is 1. The van der Waals surface area contributed by atoms with Gasteiger partial charge in [-0.3, -0.25) is 14.8 Å². The summed E-state index contributed by atoms with van der Waals surface area (Å²) in [5, 5.41) is 10.6. The van der Waals surface area contributed by atoms with Gasteiger partial charge in [0, 0.05) is 28.2 Å². The Bertz CT molecular complexity index is 1180. The molecule has 8 heteroatoms. The molecule has 0 saturated carbocycles. The summed E-state index contributed by atoms with van der Waals surface area (Å²) in [6, 6.07) is 9.69. The number of pyridine rings is 1. The van der Waals surface area contributed by atoms with Crippen molar-refractivity contribution >= 4 is 49.3 Å². The second-order valence-electron chi connectivity index (χ2n) is 6.22. The van der Waals surface area contributed by atoms with E-state index in [1.54, 1.807) is 10.7 Å². The van der Waals surface area contributed by atoms with Crippen molar-refractivity contribution in [3.8, 4) is 11.3 Å². The number of nitrogens with zero attached hydrogens (tertiary/aromatic N) is 4. The van der Waals surface area contributed by atoms with E-state index in [9.17, 15) is 4.79 Å². The molecule has 0 radical (unpaired) electrons. The lowest BCUT2D eigenvalue weighted by Crippen LogP contribution is -2.13. The fourth-order valence-corrected chi connectivity index (χ4v) is 4.14. The molecule has 1 N–H and O–H groups in total. The third-order valence-electron chi connectivity index (χ3n) is 4.19. The molecular weight excluding hydrogens is 426 g/mol. The number of nitrogens with one attached hydrogen (secondary N) is 1. The summed E-state index contributed by atoms with van der Waals surface area (Å²) >= 11 is 4.87. The molecule has 1 aromatic carbocycles. The molecule has 136 valence electrons. The van der Waals surface area contributed by atoms with E-state index in [0.29, 0.717) is 16.3 Å². The van der Waals surface area contributed by atoms with Crippen LogP contribution < -0.4 is 5.32 Å². The predicted molar refractivity (Wildman–Crippen MR) is 111 cm³/mol. The quantitative estimate of drug-likeness (QED) is 0.498. The monoisotopic (exact) mass is 441 g/mol. The van der Waals surface area contributed by atoms with Gasteiger partial charge in [0.15, 0.2) is 10.8 Å². The molecule has 27 heavy (non-hydrogen) atoms. The van der Waals surface area contributed by atoms with Gasteiger partial charge in [0.1, 0.15) is 0 Å². The number of carbonyl (C=O) groups excluding carboxylic acids is 1. The van der Waals surface area contributed by atoms with Gasteiger partial charge in [-0.25, -0.2) is 9.97 Å². The molecule has 6 nitrogen and oxygen atoms in total. The number of halogens is 1. The van der Waals surface area contributed by atoms with Crippen molar-refractivity contribution in [3.05, 3.63) is 57.1 Å². The summed E-state index contributed by atoms with van der Waals surface area (Å²) in [6.45, 7) is 3.75. The fourth-order valence-electron chi connectivity index (χ4n) is 3.03. The number of aromatic nitrogens is 4. The summed E-state index contributed by atoms with van der Waals surface area (Å²) in [6.07, 6.45) is 0. The van der Waals surface area contributed by atoms with Crippen LogP contribution in [0.2, 0.25) is 0 Å². The van der Waals surface area contributed by atoms with Crippen molar-refractivity contribution in [3.63, 3.8) is 0 Å². The van der Waals surface area contributed by atoms with Gasteiger partial charge in [0.05, 0.1) is 22.3 Å². The molecule has 0 saturated heterocycles. The Kier molecular flexibility index (Phi) is 4.53. The van der Waals surface area contributed by atoms with Gasteiger partial charge in [-0.15, -0.1) is 11.3 Å². The Balaban J connectivity index is 1.67. The minimum atomic E-state index is -0.211.